The fourth-order valence-corrected chi connectivity index (χ4v) is 4.92. The summed E-state index contributed by atoms with van der Waals surface area (Å²) in [4.78, 5) is 16.5. The molecule has 0 aliphatic carbocycles. The predicted octanol–water partition coefficient (Wildman–Crippen LogP) is 0.877. The minimum Gasteiger partial charge on any atom is -0.342 e. The number of hydrogen-bond acceptors (Lipinski definition) is 5. The summed E-state index contributed by atoms with van der Waals surface area (Å²) in [6.45, 7) is 4.13. The first-order valence-corrected chi connectivity index (χ1v) is 10.4. The van der Waals surface area contributed by atoms with Crippen molar-refractivity contribution in [3.8, 4) is 6.07 Å². The third kappa shape index (κ3) is 4.23. The molecule has 2 saturated heterocycles. The third-order valence-electron chi connectivity index (χ3n) is 4.99. The molecule has 0 bridgehead atoms. The zero-order chi connectivity index (χ0) is 18.6. The van der Waals surface area contributed by atoms with Crippen LogP contribution in [-0.2, 0) is 14.8 Å². The second-order valence-electron chi connectivity index (χ2n) is 6.76. The van der Waals surface area contributed by atoms with E-state index in [9.17, 15) is 13.2 Å². The first-order chi connectivity index (χ1) is 12.5. The van der Waals surface area contributed by atoms with Crippen molar-refractivity contribution >= 4 is 15.9 Å². The average molecular weight is 376 g/mol. The molecule has 3 rings (SSSR count). The number of rotatable bonds is 4. The highest BCUT2D eigenvalue weighted by atomic mass is 32.2. The Balaban J connectivity index is 1.61. The molecule has 2 fully saturated rings. The van der Waals surface area contributed by atoms with Crippen molar-refractivity contribution < 1.29 is 13.2 Å². The lowest BCUT2D eigenvalue weighted by atomic mass is 10.2. The molecule has 8 heteroatoms. The lowest BCUT2D eigenvalue weighted by Crippen LogP contribution is -2.41. The number of likely N-dealkylation sites (tertiary alicyclic amines) is 1. The van der Waals surface area contributed by atoms with Crippen molar-refractivity contribution in [2.75, 3.05) is 45.8 Å². The van der Waals surface area contributed by atoms with Gasteiger partial charge in [-0.2, -0.15) is 9.57 Å². The van der Waals surface area contributed by atoms with E-state index in [0.717, 1.165) is 32.5 Å². The maximum atomic E-state index is 12.8. The Morgan fingerprint density at radius 2 is 1.65 bits per heavy atom. The van der Waals surface area contributed by atoms with Crippen LogP contribution < -0.4 is 0 Å². The van der Waals surface area contributed by atoms with Gasteiger partial charge in [-0.3, -0.25) is 9.69 Å². The molecule has 0 spiro atoms. The van der Waals surface area contributed by atoms with Gasteiger partial charge in [0.1, 0.15) is 0 Å². The van der Waals surface area contributed by atoms with Gasteiger partial charge in [0, 0.05) is 32.7 Å². The van der Waals surface area contributed by atoms with Crippen LogP contribution in [0.4, 0.5) is 0 Å². The second-order valence-corrected chi connectivity index (χ2v) is 8.70. The number of carbonyl (C=O) groups is 1. The fraction of sp³-hybridized carbons (Fsp3) is 0.556. The average Bonchev–Trinajstić information content (AvgIpc) is 3.09. The molecule has 7 nitrogen and oxygen atoms in total. The Kier molecular flexibility index (Phi) is 5.91. The quantitative estimate of drug-likeness (QED) is 0.779. The minimum absolute atomic E-state index is 0.144. The maximum Gasteiger partial charge on any atom is 0.243 e. The Morgan fingerprint density at radius 3 is 2.31 bits per heavy atom. The molecule has 2 aliphatic rings. The lowest BCUT2D eigenvalue weighted by Gasteiger charge is -2.23. The molecule has 0 radical (unpaired) electrons. The van der Waals surface area contributed by atoms with Gasteiger partial charge in [0.15, 0.2) is 0 Å². The van der Waals surface area contributed by atoms with E-state index in [4.69, 9.17) is 5.26 Å². The van der Waals surface area contributed by atoms with E-state index >= 15 is 0 Å². The molecule has 0 unspecified atom stereocenters. The second kappa shape index (κ2) is 8.16. The van der Waals surface area contributed by atoms with E-state index in [-0.39, 0.29) is 10.8 Å². The van der Waals surface area contributed by atoms with Crippen molar-refractivity contribution in [3.63, 3.8) is 0 Å². The van der Waals surface area contributed by atoms with Crippen molar-refractivity contribution in [3.05, 3.63) is 29.8 Å². The van der Waals surface area contributed by atoms with Gasteiger partial charge in [-0.05, 0) is 50.1 Å². The largest absolute Gasteiger partial charge is 0.342 e. The van der Waals surface area contributed by atoms with Gasteiger partial charge < -0.3 is 4.90 Å². The predicted molar refractivity (Wildman–Crippen MR) is 96.8 cm³/mol. The van der Waals surface area contributed by atoms with E-state index in [0.29, 0.717) is 38.2 Å². The van der Waals surface area contributed by atoms with Crippen molar-refractivity contribution in [2.45, 2.75) is 24.2 Å². The SMILES string of the molecule is N#Cc1ccc(S(=O)(=O)N2CCCN(CC(=O)N3CCCC3)CC2)cc1. The standard InChI is InChI=1S/C18H24N4O3S/c19-14-16-4-6-17(7-5-16)26(24,25)22-11-3-8-20(12-13-22)15-18(23)21-9-1-2-10-21/h4-7H,1-3,8-13,15H2. The van der Waals surface area contributed by atoms with E-state index < -0.39 is 10.0 Å². The third-order valence-corrected chi connectivity index (χ3v) is 6.90. The summed E-state index contributed by atoms with van der Waals surface area (Å²) in [6, 6.07) is 7.99. The van der Waals surface area contributed by atoms with Crippen molar-refractivity contribution in [1.82, 2.24) is 14.1 Å². The van der Waals surface area contributed by atoms with Crippen LogP contribution in [0.5, 0.6) is 0 Å². The number of nitriles is 1. The molecular formula is C18H24N4O3S. The van der Waals surface area contributed by atoms with Gasteiger partial charge in [-0.1, -0.05) is 0 Å². The van der Waals surface area contributed by atoms with Gasteiger partial charge in [0.25, 0.3) is 0 Å². The van der Waals surface area contributed by atoms with Crippen molar-refractivity contribution in [2.24, 2.45) is 0 Å². The number of sulfonamides is 1. The van der Waals surface area contributed by atoms with Crippen LogP contribution in [0.25, 0.3) is 0 Å². The summed E-state index contributed by atoms with van der Waals surface area (Å²) in [5.41, 5.74) is 0.436. The minimum atomic E-state index is -3.58. The van der Waals surface area contributed by atoms with Crippen LogP contribution in [0.15, 0.2) is 29.2 Å². The van der Waals surface area contributed by atoms with Gasteiger partial charge in [-0.15, -0.1) is 0 Å². The van der Waals surface area contributed by atoms with E-state index in [1.807, 2.05) is 11.0 Å². The Hall–Kier alpha value is -1.95. The van der Waals surface area contributed by atoms with Gasteiger partial charge in [0.05, 0.1) is 23.1 Å². The number of amides is 1. The summed E-state index contributed by atoms with van der Waals surface area (Å²) in [7, 11) is -3.58. The molecule has 0 aromatic heterocycles. The molecule has 26 heavy (non-hydrogen) atoms. The monoisotopic (exact) mass is 376 g/mol. The number of nitrogens with zero attached hydrogens (tertiary/aromatic N) is 4. The summed E-state index contributed by atoms with van der Waals surface area (Å²) < 4.78 is 27.1. The van der Waals surface area contributed by atoms with Crippen LogP contribution in [0, 0.1) is 11.3 Å². The Labute approximate surface area is 154 Å². The van der Waals surface area contributed by atoms with Crippen LogP contribution in [0.1, 0.15) is 24.8 Å². The number of benzene rings is 1. The van der Waals surface area contributed by atoms with E-state index in [1.54, 1.807) is 0 Å². The Morgan fingerprint density at radius 1 is 0.962 bits per heavy atom. The first-order valence-electron chi connectivity index (χ1n) is 9.01. The highest BCUT2D eigenvalue weighted by Crippen LogP contribution is 2.18. The topological polar surface area (TPSA) is 84.7 Å². The smallest absolute Gasteiger partial charge is 0.243 e. The summed E-state index contributed by atoms with van der Waals surface area (Å²) in [6.07, 6.45) is 2.84. The number of hydrogen-bond donors (Lipinski definition) is 0. The molecule has 0 atom stereocenters. The van der Waals surface area contributed by atoms with E-state index in [1.165, 1.54) is 28.6 Å². The first kappa shape index (κ1) is 18.8. The van der Waals surface area contributed by atoms with Gasteiger partial charge in [0.2, 0.25) is 15.9 Å². The maximum absolute atomic E-state index is 12.8. The molecule has 2 heterocycles. The van der Waals surface area contributed by atoms with Gasteiger partial charge >= 0.3 is 0 Å². The normalized spacial score (nSPS) is 19.9. The molecule has 0 saturated carbocycles. The molecule has 2 aliphatic heterocycles. The Bertz CT molecular complexity index is 780. The van der Waals surface area contributed by atoms with Crippen LogP contribution >= 0.6 is 0 Å². The van der Waals surface area contributed by atoms with Crippen molar-refractivity contribution in [1.29, 1.82) is 5.26 Å². The fourth-order valence-electron chi connectivity index (χ4n) is 3.45. The zero-order valence-corrected chi connectivity index (χ0v) is 15.6. The summed E-state index contributed by atoms with van der Waals surface area (Å²) in [5.74, 6) is 0.144. The molecule has 0 N–H and O–H groups in total. The molecular weight excluding hydrogens is 352 g/mol. The lowest BCUT2D eigenvalue weighted by molar-refractivity contribution is -0.131. The van der Waals surface area contributed by atoms with E-state index in [2.05, 4.69) is 4.90 Å². The molecule has 1 amide bonds. The number of carbonyl (C=O) groups excluding carboxylic acids is 1. The summed E-state index contributed by atoms with van der Waals surface area (Å²) in [5, 5.41) is 8.85. The molecule has 1 aromatic rings. The molecule has 140 valence electrons. The van der Waals surface area contributed by atoms with Crippen LogP contribution in [-0.4, -0.2) is 74.2 Å². The highest BCUT2D eigenvalue weighted by molar-refractivity contribution is 7.89. The zero-order valence-electron chi connectivity index (χ0n) is 14.8. The summed E-state index contributed by atoms with van der Waals surface area (Å²) >= 11 is 0. The van der Waals surface area contributed by atoms with Gasteiger partial charge in [-0.25, -0.2) is 8.42 Å². The highest BCUT2D eigenvalue weighted by Gasteiger charge is 2.28. The van der Waals surface area contributed by atoms with Crippen LogP contribution in [0.3, 0.4) is 0 Å². The molecule has 1 aromatic carbocycles. The van der Waals surface area contributed by atoms with Crippen LogP contribution in [0.2, 0.25) is 0 Å².